The van der Waals surface area contributed by atoms with Gasteiger partial charge in [-0.25, -0.2) is 0 Å². The number of hydrogen-bond donors (Lipinski definition) is 2. The topological polar surface area (TPSA) is 64.4 Å². The van der Waals surface area contributed by atoms with Crippen LogP contribution >= 0.6 is 0 Å². The van der Waals surface area contributed by atoms with E-state index in [2.05, 4.69) is 5.32 Å². The Hall–Kier alpha value is -1.55. The van der Waals surface area contributed by atoms with E-state index >= 15 is 0 Å². The highest BCUT2D eigenvalue weighted by Gasteiger charge is 2.16. The minimum atomic E-state index is -0.164. The Balaban J connectivity index is 2.63. The van der Waals surface area contributed by atoms with Crippen molar-refractivity contribution < 1.29 is 9.53 Å². The summed E-state index contributed by atoms with van der Waals surface area (Å²) in [5, 5.41) is 2.80. The average Bonchev–Trinajstić information content (AvgIpc) is 2.37. The molecule has 1 unspecified atom stereocenters. The van der Waals surface area contributed by atoms with Crippen molar-refractivity contribution in [1.82, 2.24) is 5.32 Å². The van der Waals surface area contributed by atoms with E-state index in [9.17, 15) is 4.79 Å². The second kappa shape index (κ2) is 6.91. The summed E-state index contributed by atoms with van der Waals surface area (Å²) >= 11 is 0. The number of rotatable bonds is 6. The van der Waals surface area contributed by atoms with Gasteiger partial charge in [0.25, 0.3) is 0 Å². The number of benzene rings is 1. The number of amides is 1. The number of carbonyl (C=O) groups is 1. The summed E-state index contributed by atoms with van der Waals surface area (Å²) in [6, 6.07) is 7.70. The normalized spacial score (nSPS) is 11.9. The molecule has 0 aliphatic rings. The lowest BCUT2D eigenvalue weighted by atomic mass is 9.98. The van der Waals surface area contributed by atoms with Crippen molar-refractivity contribution in [1.29, 1.82) is 0 Å². The fourth-order valence-corrected chi connectivity index (χ4v) is 1.65. The van der Waals surface area contributed by atoms with Gasteiger partial charge in [0.1, 0.15) is 5.75 Å². The molecule has 0 aromatic heterocycles. The molecular formula is C13H20N2O2. The molecule has 0 spiro atoms. The summed E-state index contributed by atoms with van der Waals surface area (Å²) in [6.07, 6.45) is 0.659. The highest BCUT2D eigenvalue weighted by Crippen LogP contribution is 2.14. The van der Waals surface area contributed by atoms with E-state index in [1.807, 2.05) is 31.2 Å². The predicted molar refractivity (Wildman–Crippen MR) is 67.9 cm³/mol. The van der Waals surface area contributed by atoms with Gasteiger partial charge in [-0.2, -0.15) is 0 Å². The molecule has 0 saturated heterocycles. The highest BCUT2D eigenvalue weighted by molar-refractivity contribution is 5.79. The first-order valence-corrected chi connectivity index (χ1v) is 5.82. The lowest BCUT2D eigenvalue weighted by Gasteiger charge is -2.14. The van der Waals surface area contributed by atoms with E-state index in [1.54, 1.807) is 7.11 Å². The van der Waals surface area contributed by atoms with Crippen LogP contribution in [0.5, 0.6) is 5.75 Å². The van der Waals surface area contributed by atoms with Crippen molar-refractivity contribution in [3.05, 3.63) is 29.8 Å². The number of ether oxygens (including phenoxy) is 1. The molecule has 4 nitrogen and oxygen atoms in total. The molecule has 0 radical (unpaired) electrons. The van der Waals surface area contributed by atoms with Crippen LogP contribution in [0.3, 0.4) is 0 Å². The van der Waals surface area contributed by atoms with Crippen LogP contribution in [0.15, 0.2) is 24.3 Å². The van der Waals surface area contributed by atoms with Crippen LogP contribution in [-0.2, 0) is 11.2 Å². The molecule has 1 amide bonds. The SMILES string of the molecule is CCNC(=O)C(CN)Cc1ccc(OC)cc1. The maximum Gasteiger partial charge on any atom is 0.224 e. The molecule has 0 saturated carbocycles. The van der Waals surface area contributed by atoms with Crippen molar-refractivity contribution in [2.75, 3.05) is 20.2 Å². The molecule has 0 aliphatic carbocycles. The van der Waals surface area contributed by atoms with Gasteiger partial charge >= 0.3 is 0 Å². The number of nitrogens with two attached hydrogens (primary N) is 1. The van der Waals surface area contributed by atoms with Crippen LogP contribution < -0.4 is 15.8 Å². The molecule has 3 N–H and O–H groups in total. The van der Waals surface area contributed by atoms with E-state index in [-0.39, 0.29) is 11.8 Å². The maximum atomic E-state index is 11.7. The summed E-state index contributed by atoms with van der Waals surface area (Å²) in [4.78, 5) is 11.7. The fraction of sp³-hybridized carbons (Fsp3) is 0.462. The quantitative estimate of drug-likeness (QED) is 0.773. The average molecular weight is 236 g/mol. The molecule has 0 fully saturated rings. The maximum absolute atomic E-state index is 11.7. The fourth-order valence-electron chi connectivity index (χ4n) is 1.65. The van der Waals surface area contributed by atoms with Gasteiger partial charge < -0.3 is 15.8 Å². The zero-order valence-corrected chi connectivity index (χ0v) is 10.4. The Morgan fingerprint density at radius 3 is 2.53 bits per heavy atom. The zero-order chi connectivity index (χ0) is 12.7. The van der Waals surface area contributed by atoms with Gasteiger partial charge in [0.15, 0.2) is 0 Å². The molecule has 1 rings (SSSR count). The van der Waals surface area contributed by atoms with E-state index in [4.69, 9.17) is 10.5 Å². The monoisotopic (exact) mass is 236 g/mol. The molecule has 1 atom stereocenters. The lowest BCUT2D eigenvalue weighted by Crippen LogP contribution is -2.36. The summed E-state index contributed by atoms with van der Waals surface area (Å²) in [7, 11) is 1.63. The second-order valence-corrected chi connectivity index (χ2v) is 3.88. The minimum Gasteiger partial charge on any atom is -0.497 e. The van der Waals surface area contributed by atoms with E-state index in [1.165, 1.54) is 0 Å². The number of carbonyl (C=O) groups excluding carboxylic acids is 1. The van der Waals surface area contributed by atoms with Gasteiger partial charge in [-0.05, 0) is 31.0 Å². The first kappa shape index (κ1) is 13.5. The summed E-state index contributed by atoms with van der Waals surface area (Å²) in [5.41, 5.74) is 6.71. The van der Waals surface area contributed by atoms with Gasteiger partial charge in [0.05, 0.1) is 13.0 Å². The lowest BCUT2D eigenvalue weighted by molar-refractivity contribution is -0.124. The van der Waals surface area contributed by atoms with E-state index in [0.29, 0.717) is 19.5 Å². The molecular weight excluding hydrogens is 216 g/mol. The highest BCUT2D eigenvalue weighted by atomic mass is 16.5. The molecule has 4 heteroatoms. The van der Waals surface area contributed by atoms with Gasteiger partial charge in [-0.1, -0.05) is 12.1 Å². The molecule has 94 valence electrons. The van der Waals surface area contributed by atoms with Crippen molar-refractivity contribution in [2.45, 2.75) is 13.3 Å². The van der Waals surface area contributed by atoms with Gasteiger partial charge in [-0.15, -0.1) is 0 Å². The molecule has 0 aliphatic heterocycles. The first-order valence-electron chi connectivity index (χ1n) is 5.82. The van der Waals surface area contributed by atoms with Crippen molar-refractivity contribution in [3.63, 3.8) is 0 Å². The summed E-state index contributed by atoms with van der Waals surface area (Å²) < 4.78 is 5.08. The molecule has 1 aromatic carbocycles. The first-order chi connectivity index (χ1) is 8.21. The standard InChI is InChI=1S/C13H20N2O2/c1-3-15-13(16)11(9-14)8-10-4-6-12(17-2)7-5-10/h4-7,11H,3,8-9,14H2,1-2H3,(H,15,16). The zero-order valence-electron chi connectivity index (χ0n) is 10.4. The minimum absolute atomic E-state index is 0.0193. The van der Waals surface area contributed by atoms with Crippen molar-refractivity contribution in [3.8, 4) is 5.75 Å². The Labute approximate surface area is 102 Å². The Bertz CT molecular complexity index is 349. The third-order valence-electron chi connectivity index (χ3n) is 2.65. The Kier molecular flexibility index (Phi) is 5.49. The van der Waals surface area contributed by atoms with Gasteiger partial charge in [0, 0.05) is 13.1 Å². The van der Waals surface area contributed by atoms with E-state index < -0.39 is 0 Å². The van der Waals surface area contributed by atoms with Gasteiger partial charge in [-0.3, -0.25) is 4.79 Å². The van der Waals surface area contributed by atoms with Crippen molar-refractivity contribution >= 4 is 5.91 Å². The molecule has 17 heavy (non-hydrogen) atoms. The van der Waals surface area contributed by atoms with Crippen LogP contribution in [0.4, 0.5) is 0 Å². The molecule has 1 aromatic rings. The Morgan fingerprint density at radius 2 is 2.06 bits per heavy atom. The smallest absolute Gasteiger partial charge is 0.224 e. The van der Waals surface area contributed by atoms with Gasteiger partial charge in [0.2, 0.25) is 5.91 Å². The third-order valence-corrected chi connectivity index (χ3v) is 2.65. The van der Waals surface area contributed by atoms with Crippen LogP contribution in [0.25, 0.3) is 0 Å². The van der Waals surface area contributed by atoms with Crippen LogP contribution in [0, 0.1) is 5.92 Å². The summed E-state index contributed by atoms with van der Waals surface area (Å²) in [6.45, 7) is 2.90. The number of methoxy groups -OCH3 is 1. The largest absolute Gasteiger partial charge is 0.497 e. The van der Waals surface area contributed by atoms with E-state index in [0.717, 1.165) is 11.3 Å². The summed E-state index contributed by atoms with van der Waals surface area (Å²) in [5.74, 6) is 0.672. The third kappa shape index (κ3) is 4.07. The number of hydrogen-bond acceptors (Lipinski definition) is 3. The predicted octanol–water partition coefficient (Wildman–Crippen LogP) is 0.949. The number of nitrogens with one attached hydrogen (secondary N) is 1. The van der Waals surface area contributed by atoms with Crippen LogP contribution in [0.1, 0.15) is 12.5 Å². The van der Waals surface area contributed by atoms with Crippen molar-refractivity contribution in [2.24, 2.45) is 11.7 Å². The molecule has 0 heterocycles. The van der Waals surface area contributed by atoms with Crippen LogP contribution in [-0.4, -0.2) is 26.1 Å². The Morgan fingerprint density at radius 1 is 1.41 bits per heavy atom. The second-order valence-electron chi connectivity index (χ2n) is 3.88. The molecule has 0 bridgehead atoms. The van der Waals surface area contributed by atoms with Crippen LogP contribution in [0.2, 0.25) is 0 Å².